The summed E-state index contributed by atoms with van der Waals surface area (Å²) in [5, 5.41) is 0.588. The van der Waals surface area contributed by atoms with Crippen LogP contribution in [0.25, 0.3) is 0 Å². The molecule has 7 heteroatoms. The highest BCUT2D eigenvalue weighted by molar-refractivity contribution is 6.28. The molecule has 0 unspecified atom stereocenters. The highest BCUT2D eigenvalue weighted by atomic mass is 35.5. The van der Waals surface area contributed by atoms with E-state index in [1.165, 1.54) is 0 Å². The maximum atomic E-state index is 8.00. The molecule has 2 rings (SSSR count). The van der Waals surface area contributed by atoms with Crippen LogP contribution in [0.5, 0.6) is 0 Å². The Balaban J connectivity index is 0.000000244. The van der Waals surface area contributed by atoms with Crippen molar-refractivity contribution in [2.75, 3.05) is 0 Å². The Kier molecular flexibility index (Phi) is 8.96. The zero-order chi connectivity index (χ0) is 12.2. The predicted octanol–water partition coefficient (Wildman–Crippen LogP) is 2.08. The van der Waals surface area contributed by atoms with E-state index in [1.807, 2.05) is 6.79 Å². The van der Waals surface area contributed by atoms with Crippen LogP contribution in [-0.2, 0) is 4.79 Å². The van der Waals surface area contributed by atoms with E-state index in [1.54, 1.807) is 36.9 Å². The van der Waals surface area contributed by atoms with Crippen LogP contribution < -0.4 is 0 Å². The first kappa shape index (κ1) is 14.4. The Hall–Kier alpha value is -1.59. The molecule has 0 fully saturated rings. The van der Waals surface area contributed by atoms with Crippen LogP contribution in [0, 0.1) is 0 Å². The van der Waals surface area contributed by atoms with Gasteiger partial charge in [0.05, 0.1) is 0 Å². The minimum atomic E-state index is 0.294. The van der Waals surface area contributed by atoms with Crippen LogP contribution in [0.15, 0.2) is 36.9 Å². The average molecular weight is 259 g/mol. The van der Waals surface area contributed by atoms with Gasteiger partial charge < -0.3 is 4.79 Å². The Morgan fingerprint density at radius 1 is 0.750 bits per heavy atom. The number of carbonyl (C=O) groups is 1. The van der Waals surface area contributed by atoms with Gasteiger partial charge in [-0.3, -0.25) is 0 Å². The Bertz CT molecular complexity index is 336. The van der Waals surface area contributed by atoms with Gasteiger partial charge in [0, 0.05) is 24.8 Å². The summed E-state index contributed by atoms with van der Waals surface area (Å²) >= 11 is 10.6. The minimum Gasteiger partial charge on any atom is -0.307 e. The predicted molar refractivity (Wildman–Crippen MR) is 61.2 cm³/mol. The molecule has 0 aliphatic carbocycles. The lowest BCUT2D eigenvalue weighted by Gasteiger charge is -1.78. The van der Waals surface area contributed by atoms with Crippen LogP contribution in [0.3, 0.4) is 0 Å². The number of hydrogen-bond acceptors (Lipinski definition) is 5. The lowest BCUT2D eigenvalue weighted by molar-refractivity contribution is -0.0979. The summed E-state index contributed by atoms with van der Waals surface area (Å²) in [6.07, 6.45) is 6.37. The van der Waals surface area contributed by atoms with Crippen molar-refractivity contribution >= 4 is 30.0 Å². The van der Waals surface area contributed by atoms with Gasteiger partial charge in [-0.1, -0.05) is 0 Å². The molecule has 0 aliphatic rings. The fourth-order valence-electron chi connectivity index (χ4n) is 0.562. The van der Waals surface area contributed by atoms with Crippen molar-refractivity contribution in [3.8, 4) is 0 Å². The quantitative estimate of drug-likeness (QED) is 0.677. The number of aromatic nitrogens is 4. The van der Waals surface area contributed by atoms with Gasteiger partial charge in [-0.2, -0.15) is 0 Å². The molecule has 84 valence electrons. The first-order valence-electron chi connectivity index (χ1n) is 3.93. The van der Waals surface area contributed by atoms with Crippen LogP contribution in [0.1, 0.15) is 0 Å². The second-order valence-corrected chi connectivity index (χ2v) is 2.71. The van der Waals surface area contributed by atoms with Gasteiger partial charge in [-0.25, -0.2) is 19.9 Å². The fourth-order valence-corrected chi connectivity index (χ4v) is 0.787. The Morgan fingerprint density at radius 2 is 1.00 bits per heavy atom. The monoisotopic (exact) mass is 258 g/mol. The summed E-state index contributed by atoms with van der Waals surface area (Å²) in [5.74, 6) is 0. The van der Waals surface area contributed by atoms with Crippen molar-refractivity contribution in [3.05, 3.63) is 47.5 Å². The number of nitrogens with zero attached hydrogens (tertiary/aromatic N) is 4. The highest BCUT2D eigenvalue weighted by Gasteiger charge is 1.78. The molecule has 0 saturated carbocycles. The maximum Gasteiger partial charge on any atom is 0.222 e. The Labute approximate surface area is 103 Å². The molecule has 2 aromatic heterocycles. The molecule has 0 spiro atoms. The maximum absolute atomic E-state index is 8.00. The summed E-state index contributed by atoms with van der Waals surface area (Å²) in [6, 6.07) is 3.43. The smallest absolute Gasteiger partial charge is 0.222 e. The van der Waals surface area contributed by atoms with E-state index < -0.39 is 0 Å². The SMILES string of the molecule is C=O.Clc1ncccn1.Clc1ncccn1. The Morgan fingerprint density at radius 3 is 1.12 bits per heavy atom. The summed E-state index contributed by atoms with van der Waals surface area (Å²) in [4.78, 5) is 22.5. The topological polar surface area (TPSA) is 68.6 Å². The molecule has 2 aromatic rings. The van der Waals surface area contributed by atoms with E-state index >= 15 is 0 Å². The van der Waals surface area contributed by atoms with Crippen LogP contribution in [0.2, 0.25) is 10.6 Å². The van der Waals surface area contributed by atoms with Gasteiger partial charge in [0.15, 0.2) is 0 Å². The highest BCUT2D eigenvalue weighted by Crippen LogP contribution is 1.92. The fraction of sp³-hybridized carbons (Fsp3) is 0. The van der Waals surface area contributed by atoms with E-state index in [0.717, 1.165) is 0 Å². The van der Waals surface area contributed by atoms with Crippen molar-refractivity contribution in [2.24, 2.45) is 0 Å². The average Bonchev–Trinajstić information content (AvgIpc) is 2.34. The van der Waals surface area contributed by atoms with E-state index in [2.05, 4.69) is 19.9 Å². The third-order valence-corrected chi connectivity index (χ3v) is 1.46. The number of carbonyl (C=O) groups excluding carboxylic acids is 1. The first-order valence-corrected chi connectivity index (χ1v) is 4.68. The van der Waals surface area contributed by atoms with E-state index in [9.17, 15) is 0 Å². The summed E-state index contributed by atoms with van der Waals surface area (Å²) in [5.41, 5.74) is 0. The molecule has 0 amide bonds. The van der Waals surface area contributed by atoms with Crippen molar-refractivity contribution in [1.82, 2.24) is 19.9 Å². The second-order valence-electron chi connectivity index (χ2n) is 2.04. The number of rotatable bonds is 0. The van der Waals surface area contributed by atoms with E-state index in [0.29, 0.717) is 10.6 Å². The van der Waals surface area contributed by atoms with Crippen molar-refractivity contribution in [3.63, 3.8) is 0 Å². The molecular weight excluding hydrogens is 251 g/mol. The third kappa shape index (κ3) is 7.78. The molecule has 0 radical (unpaired) electrons. The van der Waals surface area contributed by atoms with Crippen molar-refractivity contribution in [2.45, 2.75) is 0 Å². The number of hydrogen-bond donors (Lipinski definition) is 0. The van der Waals surface area contributed by atoms with Crippen molar-refractivity contribution in [1.29, 1.82) is 0 Å². The van der Waals surface area contributed by atoms with Crippen LogP contribution in [0.4, 0.5) is 0 Å². The van der Waals surface area contributed by atoms with Gasteiger partial charge in [0.1, 0.15) is 6.79 Å². The largest absolute Gasteiger partial charge is 0.307 e. The van der Waals surface area contributed by atoms with Gasteiger partial charge >= 0.3 is 0 Å². The van der Waals surface area contributed by atoms with Crippen LogP contribution >= 0.6 is 23.2 Å². The van der Waals surface area contributed by atoms with Crippen LogP contribution in [-0.4, -0.2) is 26.7 Å². The minimum absolute atomic E-state index is 0.294. The molecule has 0 aromatic carbocycles. The molecule has 5 nitrogen and oxygen atoms in total. The third-order valence-electron chi connectivity index (χ3n) is 1.07. The number of halogens is 2. The summed E-state index contributed by atoms with van der Waals surface area (Å²) in [7, 11) is 0. The van der Waals surface area contributed by atoms with E-state index in [-0.39, 0.29) is 0 Å². The zero-order valence-corrected chi connectivity index (χ0v) is 9.64. The molecule has 0 atom stereocenters. The molecule has 16 heavy (non-hydrogen) atoms. The van der Waals surface area contributed by atoms with Gasteiger partial charge in [-0.05, 0) is 35.3 Å². The van der Waals surface area contributed by atoms with Gasteiger partial charge in [-0.15, -0.1) is 0 Å². The molecular formula is C9H8Cl2N4O. The second kappa shape index (κ2) is 9.95. The lowest BCUT2D eigenvalue weighted by atomic mass is 10.7. The normalized spacial score (nSPS) is 7.88. The summed E-state index contributed by atoms with van der Waals surface area (Å²) < 4.78 is 0. The lowest BCUT2D eigenvalue weighted by Crippen LogP contribution is -1.73. The standard InChI is InChI=1S/2C4H3ClN2.CH2O/c2*5-4-6-2-1-3-7-4;1-2/h2*1-3H;1H2. The van der Waals surface area contributed by atoms with E-state index in [4.69, 9.17) is 28.0 Å². The molecule has 0 saturated heterocycles. The van der Waals surface area contributed by atoms with Crippen molar-refractivity contribution < 1.29 is 4.79 Å². The molecule has 0 N–H and O–H groups in total. The molecule has 2 heterocycles. The summed E-state index contributed by atoms with van der Waals surface area (Å²) in [6.45, 7) is 2.00. The zero-order valence-electron chi connectivity index (χ0n) is 8.12. The molecule has 0 aliphatic heterocycles. The molecule has 0 bridgehead atoms. The first-order chi connectivity index (χ1) is 7.79. The van der Waals surface area contributed by atoms with Gasteiger partial charge in [0.2, 0.25) is 10.6 Å². The van der Waals surface area contributed by atoms with Gasteiger partial charge in [0.25, 0.3) is 0 Å².